The maximum Gasteiger partial charge on any atom is 0.200 e. The molecule has 0 unspecified atom stereocenters. The maximum absolute atomic E-state index is 18.1. The van der Waals surface area contributed by atoms with E-state index < -0.39 is 375 Å². The number of hydrogen-bond donors (Lipinski definition) is 4. The topological polar surface area (TPSA) is 87.9 Å². The summed E-state index contributed by atoms with van der Waals surface area (Å²) in [6.07, 6.45) is 0.892. The Hall–Kier alpha value is -16.6. The zero-order chi connectivity index (χ0) is 97.8. The van der Waals surface area contributed by atoms with E-state index in [1.807, 2.05) is 0 Å². The van der Waals surface area contributed by atoms with Crippen molar-refractivity contribution < 1.29 is 132 Å². The molecular formula is C102H40F30N6. The van der Waals surface area contributed by atoms with Crippen molar-refractivity contribution in [3.63, 3.8) is 0 Å². The lowest BCUT2D eigenvalue weighted by Crippen LogP contribution is -2.24. The lowest BCUT2D eigenvalue weighted by atomic mass is 9.85. The van der Waals surface area contributed by atoms with Crippen LogP contribution in [-0.2, 0) is 0 Å². The molecule has 7 heterocycles. The van der Waals surface area contributed by atoms with E-state index in [0.29, 0.717) is 36.4 Å². The van der Waals surface area contributed by atoms with E-state index >= 15 is 132 Å². The van der Waals surface area contributed by atoms with E-state index in [0.717, 1.165) is 146 Å². The Bertz CT molecular complexity index is 8330. The number of benzene rings is 12. The average molecular weight is 1920 g/mol. The van der Waals surface area contributed by atoms with Gasteiger partial charge in [-0.25, -0.2) is 142 Å². The molecule has 0 radical (unpaired) electrons. The Morgan fingerprint density at radius 3 is 0.783 bits per heavy atom. The Labute approximate surface area is 751 Å². The quantitative estimate of drug-likeness (QED) is 0.0534. The summed E-state index contributed by atoms with van der Waals surface area (Å²) in [5, 5.41) is -5.20. The molecule has 0 saturated carbocycles. The highest BCUT2D eigenvalue weighted by Crippen LogP contribution is 2.53. The second kappa shape index (κ2) is 34.4. The van der Waals surface area contributed by atoms with Gasteiger partial charge >= 0.3 is 0 Å². The highest BCUT2D eigenvalue weighted by molar-refractivity contribution is 6.51. The molecule has 688 valence electrons. The van der Waals surface area contributed by atoms with E-state index in [4.69, 9.17) is 0 Å². The number of rotatable bonds is 12. The largest absolute Gasteiger partial charge is 0.354 e. The molecule has 19 rings (SSSR count). The first kappa shape index (κ1) is 90.6. The van der Waals surface area contributed by atoms with Crippen LogP contribution in [0.4, 0.5) is 132 Å². The molecule has 0 fully saturated rings. The van der Waals surface area contributed by atoms with Gasteiger partial charge in [-0.15, -0.1) is 0 Å². The summed E-state index contributed by atoms with van der Waals surface area (Å²) in [5.74, 6) is -87.1. The van der Waals surface area contributed by atoms with Gasteiger partial charge in [0.05, 0.1) is 78.3 Å². The summed E-state index contributed by atoms with van der Waals surface area (Å²) < 4.78 is 516. The summed E-state index contributed by atoms with van der Waals surface area (Å²) in [7, 11) is 0. The highest BCUT2D eigenvalue weighted by atomic mass is 19.2. The third-order valence-corrected chi connectivity index (χ3v) is 23.2. The van der Waals surface area contributed by atoms with Crippen molar-refractivity contribution in [2.45, 2.75) is 0 Å². The van der Waals surface area contributed by atoms with Gasteiger partial charge in [0.1, 0.15) is 0 Å². The van der Waals surface area contributed by atoms with Crippen LogP contribution >= 0.6 is 0 Å². The molecule has 4 N–H and O–H groups in total. The minimum absolute atomic E-state index is 0.446. The summed E-state index contributed by atoms with van der Waals surface area (Å²) in [6.45, 7) is 0. The highest BCUT2D eigenvalue weighted by Gasteiger charge is 2.44. The molecule has 0 spiro atoms. The Morgan fingerprint density at radius 1 is 0.167 bits per heavy atom. The van der Waals surface area contributed by atoms with Crippen LogP contribution in [-0.4, -0.2) is 31.4 Å². The fourth-order valence-corrected chi connectivity index (χ4v) is 17.2. The monoisotopic (exact) mass is 1920 g/mol. The van der Waals surface area contributed by atoms with Crippen molar-refractivity contribution in [1.82, 2.24) is 19.9 Å². The van der Waals surface area contributed by atoms with Gasteiger partial charge in [-0.05, 0) is 69.8 Å². The normalized spacial score (nSPS) is 13.5. The fourth-order valence-electron chi connectivity index (χ4n) is 17.2. The molecule has 36 heteroatoms. The molecule has 0 atom stereocenters. The maximum atomic E-state index is 18.1. The van der Waals surface area contributed by atoms with Gasteiger partial charge in [-0.2, -0.15) is 0 Å². The third-order valence-electron chi connectivity index (χ3n) is 23.2. The van der Waals surface area contributed by atoms with Gasteiger partial charge in [0, 0.05) is 88.9 Å². The van der Waals surface area contributed by atoms with Gasteiger partial charge in [-0.1, -0.05) is 182 Å². The number of aliphatic imine (C=N–C) groups is 2. The molecule has 0 amide bonds. The molecule has 3 aliphatic rings. The molecule has 0 saturated heterocycles. The Morgan fingerprint density at radius 2 is 0.428 bits per heavy atom. The number of fused-ring (bicyclic) bond motifs is 10. The number of H-pyrrole nitrogens is 4. The van der Waals surface area contributed by atoms with Crippen LogP contribution in [0.3, 0.4) is 0 Å². The number of aromatic nitrogens is 4. The predicted octanol–water partition coefficient (Wildman–Crippen LogP) is 25.0. The van der Waals surface area contributed by atoms with Crippen LogP contribution in [0.1, 0.15) is 67.3 Å². The molecule has 138 heavy (non-hydrogen) atoms. The molecule has 16 aromatic rings. The zero-order valence-electron chi connectivity index (χ0n) is 68.0. The lowest BCUT2D eigenvalue weighted by Gasteiger charge is -2.17. The lowest BCUT2D eigenvalue weighted by molar-refractivity contribution is 0.376. The number of nitrogens with one attached hydrogen (secondary N) is 4. The van der Waals surface area contributed by atoms with E-state index in [-0.39, 0.29) is 0 Å². The predicted molar refractivity (Wildman–Crippen MR) is 445 cm³/mol. The number of nitrogens with zero attached hydrogens (tertiary/aromatic N) is 2. The minimum atomic E-state index is -2.95. The molecule has 3 aliphatic heterocycles. The zero-order valence-corrected chi connectivity index (χ0v) is 68.0. The summed E-state index contributed by atoms with van der Waals surface area (Å²) >= 11 is 0. The van der Waals surface area contributed by atoms with Crippen LogP contribution in [0.2, 0.25) is 0 Å². The van der Waals surface area contributed by atoms with Crippen molar-refractivity contribution >= 4 is 56.0 Å². The number of hydrogen-bond acceptors (Lipinski definition) is 2. The van der Waals surface area contributed by atoms with Crippen molar-refractivity contribution in [1.29, 1.82) is 0 Å². The molecule has 12 aromatic carbocycles. The smallest absolute Gasteiger partial charge is 0.200 e. The van der Waals surface area contributed by atoms with Crippen molar-refractivity contribution in [3.05, 3.63) is 493 Å². The van der Waals surface area contributed by atoms with Gasteiger partial charge in [-0.3, -0.25) is 0 Å². The molecule has 0 aliphatic carbocycles. The van der Waals surface area contributed by atoms with Gasteiger partial charge in [0.2, 0.25) is 34.9 Å². The minimum Gasteiger partial charge on any atom is -0.354 e. The van der Waals surface area contributed by atoms with E-state index in [9.17, 15) is 0 Å². The molecule has 4 aromatic heterocycles. The van der Waals surface area contributed by atoms with Crippen molar-refractivity contribution in [2.75, 3.05) is 0 Å². The van der Waals surface area contributed by atoms with Crippen LogP contribution in [0.25, 0.3) is 89.1 Å². The molecule has 12 bridgehead atoms. The van der Waals surface area contributed by atoms with Crippen LogP contribution in [0.15, 0.2) is 240 Å². The van der Waals surface area contributed by atoms with Crippen LogP contribution < -0.4 is 21.4 Å². The SMILES string of the molecule is Fc1c(F)c(F)c(C2=C3N=C(C(c4ccccc4)=C3c3ccccc3)C(c3c(F)c(F)c(F)c(F)c3F)=c3ccc([nH]3)=C(c3c(F)c(F)c(F)c(F)c3F)c3[nH]c(c(-c4ccccc4)c3-c3ccccc3)C(c3c(F)c(F)c(F)c(F)c3F)=C3C=CC(=N3)C(c3c(F)c(F)c(F)c(F)c3F)=c3[nH]c(c(-c4ccccc4)c3-c3ccccc3)=C(c3c(F)c(F)c(F)c(F)c3F)c3ccc2[nH]3)c(F)c1F. The number of aromatic amines is 4. The second-order valence-corrected chi connectivity index (χ2v) is 30.7. The van der Waals surface area contributed by atoms with Crippen LogP contribution in [0, 0.1) is 175 Å². The second-order valence-electron chi connectivity index (χ2n) is 30.7. The first-order valence-electron chi connectivity index (χ1n) is 40.0. The van der Waals surface area contributed by atoms with E-state index in [2.05, 4.69) is 29.9 Å². The van der Waals surface area contributed by atoms with E-state index in [1.54, 1.807) is 0 Å². The van der Waals surface area contributed by atoms with Crippen molar-refractivity contribution in [2.24, 2.45) is 9.98 Å². The Kier molecular flexibility index (Phi) is 22.6. The average Bonchev–Trinajstić information content (AvgIpc) is 1.57. The molecule has 6 nitrogen and oxygen atoms in total. The summed E-state index contributed by atoms with van der Waals surface area (Å²) in [6, 6.07) is 36.2. The summed E-state index contributed by atoms with van der Waals surface area (Å²) in [4.78, 5) is 19.0. The third kappa shape index (κ3) is 14.0. The number of allylic oxidation sites excluding steroid dienone is 4. The summed E-state index contributed by atoms with van der Waals surface area (Å²) in [5.41, 5.74) is -41.8. The van der Waals surface area contributed by atoms with Gasteiger partial charge in [0.25, 0.3) is 0 Å². The first-order valence-corrected chi connectivity index (χ1v) is 40.0. The van der Waals surface area contributed by atoms with E-state index in [1.165, 1.54) is 36.4 Å². The Balaban J connectivity index is 1.18. The molecular weight excluding hydrogens is 1880 g/mol. The van der Waals surface area contributed by atoms with Gasteiger partial charge < -0.3 is 19.9 Å². The first-order chi connectivity index (χ1) is 66.1. The standard InChI is InChI=1S/C102H40F30N6/c103-67-61(68(104)80(116)91(127)79(67)115)55-43-31-32-45(133-43)57(63-71(107)83(119)93(129)84(120)72(63)108)99-51(39-23-11-3-12-24-39)52(40-25-13-4-14-26-40)101(137-99)59(65-75(111)87(123)95(131)88(124)76(65)112)47-35-36-48(135-47)60(66-77(113)89(125)96(132)90(126)78(66)114)102-54(42-29-17-6-18-30-42)53(41-27-15-5-16-28-41)100(138-102)58(64-73(109)85(121)94(130)86(122)74(64)110)46-34-33-44(134-46)56(62-69(105)81(117)92(128)82(118)70(62)106)98-50(38-21-9-2-10-22-38)49(97(55)136-98)37-19-7-1-8-20-37/h1-36,133-134,137-138H. The number of halogens is 30. The van der Waals surface area contributed by atoms with Crippen molar-refractivity contribution in [3.8, 4) is 44.5 Å². The van der Waals surface area contributed by atoms with Gasteiger partial charge in [0.15, 0.2) is 140 Å². The fraction of sp³-hybridized carbons (Fsp3) is 0. The van der Waals surface area contributed by atoms with Crippen LogP contribution in [0.5, 0.6) is 0 Å².